The minimum Gasteiger partial charge on any atom is -0.459 e. The van der Waals surface area contributed by atoms with E-state index in [1.807, 2.05) is 0 Å². The summed E-state index contributed by atoms with van der Waals surface area (Å²) in [5.41, 5.74) is 1.74. The van der Waals surface area contributed by atoms with Gasteiger partial charge >= 0.3 is 5.97 Å². The molecular weight excluding hydrogens is 324 g/mol. The summed E-state index contributed by atoms with van der Waals surface area (Å²) in [5, 5.41) is 10.7. The molecule has 0 amide bonds. The number of hydrogen-bond donors (Lipinski definition) is 1. The maximum atomic E-state index is 11.4. The van der Waals surface area contributed by atoms with Crippen molar-refractivity contribution in [3.05, 3.63) is 11.6 Å². The third kappa shape index (κ3) is 2.48. The minimum absolute atomic E-state index is 0.0363. The summed E-state index contributed by atoms with van der Waals surface area (Å²) >= 11 is 0. The minimum atomic E-state index is -0.560. The van der Waals surface area contributed by atoms with Gasteiger partial charge in [0.25, 0.3) is 0 Å². The molecule has 3 heteroatoms. The fourth-order valence-electron chi connectivity index (χ4n) is 7.28. The van der Waals surface area contributed by atoms with E-state index < -0.39 is 6.10 Å². The molecule has 4 aliphatic carbocycles. The van der Waals surface area contributed by atoms with Gasteiger partial charge in [-0.2, -0.15) is 0 Å². The lowest BCUT2D eigenvalue weighted by Crippen LogP contribution is -2.53. The lowest BCUT2D eigenvalue weighted by Gasteiger charge is -2.58. The average Bonchev–Trinajstić information content (AvgIpc) is 2.91. The molecular formula is C23H32O3. The van der Waals surface area contributed by atoms with E-state index in [2.05, 4.69) is 25.8 Å². The Hall–Kier alpha value is -1.27. The average molecular weight is 357 g/mol. The van der Waals surface area contributed by atoms with E-state index in [1.165, 1.54) is 38.2 Å². The third-order valence-corrected chi connectivity index (χ3v) is 8.63. The highest BCUT2D eigenvalue weighted by Gasteiger charge is 2.59. The van der Waals surface area contributed by atoms with Crippen LogP contribution >= 0.6 is 0 Å². The number of allylic oxidation sites excluding steroid dienone is 1. The fraction of sp³-hybridized carbons (Fsp3) is 0.783. The predicted molar refractivity (Wildman–Crippen MR) is 101 cm³/mol. The fourth-order valence-corrected chi connectivity index (χ4v) is 7.28. The zero-order valence-corrected chi connectivity index (χ0v) is 16.3. The van der Waals surface area contributed by atoms with Crippen molar-refractivity contribution < 1.29 is 14.6 Å². The van der Waals surface area contributed by atoms with E-state index in [9.17, 15) is 9.90 Å². The molecule has 3 unspecified atom stereocenters. The van der Waals surface area contributed by atoms with Gasteiger partial charge in [0.15, 0.2) is 0 Å². The molecule has 3 nitrogen and oxygen atoms in total. The number of carbonyl (C=O) groups is 1. The molecule has 0 aromatic carbocycles. The lowest BCUT2D eigenvalue weighted by molar-refractivity contribution is -0.158. The van der Waals surface area contributed by atoms with Crippen molar-refractivity contribution in [2.45, 2.75) is 77.9 Å². The number of esters is 1. The van der Waals surface area contributed by atoms with Crippen LogP contribution < -0.4 is 0 Å². The molecule has 0 aliphatic heterocycles. The van der Waals surface area contributed by atoms with Crippen LogP contribution in [0.5, 0.6) is 0 Å². The Kier molecular flexibility index (Phi) is 4.27. The smallest absolute Gasteiger partial charge is 0.303 e. The summed E-state index contributed by atoms with van der Waals surface area (Å²) < 4.78 is 5.40. The van der Waals surface area contributed by atoms with Crippen molar-refractivity contribution in [3.8, 4) is 12.3 Å². The number of terminal acetylenes is 1. The Morgan fingerprint density at radius 2 is 2.08 bits per heavy atom. The number of aliphatic hydroxyl groups is 1. The molecule has 0 saturated heterocycles. The van der Waals surface area contributed by atoms with E-state index in [-0.39, 0.29) is 17.5 Å². The van der Waals surface area contributed by atoms with E-state index >= 15 is 0 Å². The Balaban J connectivity index is 1.62. The van der Waals surface area contributed by atoms with E-state index in [1.54, 1.807) is 0 Å². The molecule has 4 rings (SSSR count). The highest BCUT2D eigenvalue weighted by Crippen LogP contribution is 2.66. The number of hydrogen-bond acceptors (Lipinski definition) is 3. The SMILES string of the molecule is C#CC1CC[C@H]2[C@@H]3CC=C4CC(OC(C)=O)C(O)C[C@]4(C)[C@@H]3CC[C@]12C. The second kappa shape index (κ2) is 6.13. The van der Waals surface area contributed by atoms with Gasteiger partial charge < -0.3 is 9.84 Å². The van der Waals surface area contributed by atoms with Crippen molar-refractivity contribution in [2.24, 2.45) is 34.5 Å². The van der Waals surface area contributed by atoms with Gasteiger partial charge in [0, 0.05) is 19.3 Å². The van der Waals surface area contributed by atoms with Gasteiger partial charge in [-0.25, -0.2) is 0 Å². The van der Waals surface area contributed by atoms with Gasteiger partial charge in [0.1, 0.15) is 6.10 Å². The molecule has 3 saturated carbocycles. The Morgan fingerprint density at radius 3 is 2.77 bits per heavy atom. The Morgan fingerprint density at radius 1 is 1.31 bits per heavy atom. The Bertz CT molecular complexity index is 673. The van der Waals surface area contributed by atoms with Crippen molar-refractivity contribution >= 4 is 5.97 Å². The van der Waals surface area contributed by atoms with Crippen molar-refractivity contribution in [2.75, 3.05) is 0 Å². The first-order valence-electron chi connectivity index (χ1n) is 10.3. The van der Waals surface area contributed by atoms with Gasteiger partial charge in [0.05, 0.1) is 6.10 Å². The standard InChI is InChI=1S/C23H32O3/c1-5-15-7-9-18-17-8-6-16-12-21(26-14(2)24)20(25)13-23(16,4)19(17)10-11-22(15,18)3/h1,6,15,17-21,25H,7-13H2,2-4H3/t15?,17-,18-,19+,20?,21?,22+,23-/m0/s1. The predicted octanol–water partition coefficient (Wildman–Crippen LogP) is 4.10. The zero-order valence-electron chi connectivity index (χ0n) is 16.3. The first kappa shape index (κ1) is 18.1. The number of fused-ring (bicyclic) bond motifs is 5. The molecule has 8 atom stereocenters. The molecule has 1 N–H and O–H groups in total. The largest absolute Gasteiger partial charge is 0.459 e. The second-order valence-corrected chi connectivity index (χ2v) is 9.72. The van der Waals surface area contributed by atoms with Crippen LogP contribution in [-0.4, -0.2) is 23.3 Å². The Labute approximate surface area is 157 Å². The van der Waals surface area contributed by atoms with E-state index in [0.29, 0.717) is 41.9 Å². The highest BCUT2D eigenvalue weighted by atomic mass is 16.6. The van der Waals surface area contributed by atoms with Crippen LogP contribution in [0.3, 0.4) is 0 Å². The molecule has 0 aromatic heterocycles. The van der Waals surface area contributed by atoms with Crippen molar-refractivity contribution in [1.82, 2.24) is 0 Å². The topological polar surface area (TPSA) is 46.5 Å². The maximum absolute atomic E-state index is 11.4. The van der Waals surface area contributed by atoms with Crippen LogP contribution in [-0.2, 0) is 9.53 Å². The summed E-state index contributed by atoms with van der Waals surface area (Å²) in [4.78, 5) is 11.4. The van der Waals surface area contributed by atoms with Crippen molar-refractivity contribution in [3.63, 3.8) is 0 Å². The van der Waals surface area contributed by atoms with Gasteiger partial charge in [0.2, 0.25) is 0 Å². The molecule has 4 aliphatic rings. The normalized spacial score (nSPS) is 49.9. The first-order valence-corrected chi connectivity index (χ1v) is 10.3. The highest BCUT2D eigenvalue weighted by molar-refractivity contribution is 5.66. The van der Waals surface area contributed by atoms with Gasteiger partial charge in [-0.15, -0.1) is 12.3 Å². The van der Waals surface area contributed by atoms with Gasteiger partial charge in [-0.05, 0) is 67.1 Å². The molecule has 142 valence electrons. The number of carbonyl (C=O) groups excluding carboxylic acids is 1. The van der Waals surface area contributed by atoms with Gasteiger partial charge in [-0.1, -0.05) is 25.5 Å². The lowest BCUT2D eigenvalue weighted by atomic mass is 9.47. The molecule has 3 fully saturated rings. The maximum Gasteiger partial charge on any atom is 0.303 e. The van der Waals surface area contributed by atoms with Gasteiger partial charge in [-0.3, -0.25) is 4.79 Å². The molecule has 0 bridgehead atoms. The summed E-state index contributed by atoms with van der Waals surface area (Å²) in [6.45, 7) is 6.20. The van der Waals surface area contributed by atoms with Crippen LogP contribution in [0.2, 0.25) is 0 Å². The summed E-state index contributed by atoms with van der Waals surface area (Å²) in [5.74, 6) is 5.22. The number of rotatable bonds is 1. The molecule has 0 heterocycles. The van der Waals surface area contributed by atoms with E-state index in [0.717, 1.165) is 6.42 Å². The van der Waals surface area contributed by atoms with E-state index in [4.69, 9.17) is 11.2 Å². The first-order chi connectivity index (χ1) is 12.3. The summed E-state index contributed by atoms with van der Waals surface area (Å²) in [6.07, 6.45) is 14.7. The second-order valence-electron chi connectivity index (χ2n) is 9.72. The molecule has 26 heavy (non-hydrogen) atoms. The summed E-state index contributed by atoms with van der Waals surface area (Å²) in [7, 11) is 0. The zero-order chi connectivity index (χ0) is 18.7. The van der Waals surface area contributed by atoms with Crippen LogP contribution in [0.4, 0.5) is 0 Å². The monoisotopic (exact) mass is 356 g/mol. The van der Waals surface area contributed by atoms with Crippen LogP contribution in [0, 0.1) is 46.8 Å². The van der Waals surface area contributed by atoms with Crippen LogP contribution in [0.25, 0.3) is 0 Å². The van der Waals surface area contributed by atoms with Crippen molar-refractivity contribution in [1.29, 1.82) is 0 Å². The number of aliphatic hydroxyl groups excluding tert-OH is 1. The molecule has 0 aromatic rings. The molecule has 0 radical (unpaired) electrons. The van der Waals surface area contributed by atoms with Crippen LogP contribution in [0.15, 0.2) is 11.6 Å². The summed E-state index contributed by atoms with van der Waals surface area (Å²) in [6, 6.07) is 0. The quantitative estimate of drug-likeness (QED) is 0.437. The molecule has 0 spiro atoms. The van der Waals surface area contributed by atoms with Crippen LogP contribution in [0.1, 0.15) is 65.7 Å². The third-order valence-electron chi connectivity index (χ3n) is 8.63. The number of ether oxygens (including phenoxy) is 1.